The van der Waals surface area contributed by atoms with Gasteiger partial charge in [0.1, 0.15) is 6.10 Å². The molecule has 40 heavy (non-hydrogen) atoms. The molecule has 1 aromatic carbocycles. The predicted octanol–water partition coefficient (Wildman–Crippen LogP) is 7.85. The third kappa shape index (κ3) is 7.79. The van der Waals surface area contributed by atoms with Gasteiger partial charge < -0.3 is 18.3 Å². The quantitative estimate of drug-likeness (QED) is 0.150. The van der Waals surface area contributed by atoms with E-state index in [1.165, 1.54) is 6.07 Å². The van der Waals surface area contributed by atoms with E-state index in [0.29, 0.717) is 30.9 Å². The lowest BCUT2D eigenvalue weighted by atomic mass is 10.1. The Kier molecular flexibility index (Phi) is 10.0. The maximum atomic E-state index is 11.4. The summed E-state index contributed by atoms with van der Waals surface area (Å²) < 4.78 is 26.3. The van der Waals surface area contributed by atoms with E-state index in [4.69, 9.17) is 18.3 Å². The fraction of sp³-hybridized carbons (Fsp3) is 0.633. The number of nitro benzene ring substituents is 1. The van der Waals surface area contributed by atoms with Gasteiger partial charge in [-0.15, -0.1) is 0 Å². The summed E-state index contributed by atoms with van der Waals surface area (Å²) in [4.78, 5) is 15.5. The van der Waals surface area contributed by atoms with Crippen molar-refractivity contribution >= 4 is 22.3 Å². The summed E-state index contributed by atoms with van der Waals surface area (Å²) in [6, 6.07) is 10.6. The number of pyridine rings is 1. The molecule has 1 fully saturated rings. The van der Waals surface area contributed by atoms with Crippen molar-refractivity contribution in [2.45, 2.75) is 109 Å². The summed E-state index contributed by atoms with van der Waals surface area (Å²) in [5.41, 5.74) is 1.60. The number of benzene rings is 1. The Balaban J connectivity index is 1.79. The van der Waals surface area contributed by atoms with E-state index in [1.54, 1.807) is 24.4 Å². The third-order valence-electron chi connectivity index (χ3n) is 8.81. The standard InChI is InChI=1S/C30H48N2O6Si2/c1-29(2,3)39(7,8)36-21-27-26(38-40(9,10)30(4,5)6)20-25(37-27)23-15-13-18-31-28(23)35-19-17-22-14-11-12-16-24(22)32(33)34/h11-16,18,25-27H,17,19-21H2,1-10H3/t25-,26+,27-/m1/s1. The number of hydrogen-bond acceptors (Lipinski definition) is 7. The molecule has 0 saturated carbocycles. The summed E-state index contributed by atoms with van der Waals surface area (Å²) in [7, 11) is -4.05. The topological polar surface area (TPSA) is 93.0 Å². The summed E-state index contributed by atoms with van der Waals surface area (Å²) in [6.07, 6.45) is 2.23. The van der Waals surface area contributed by atoms with E-state index in [1.807, 2.05) is 12.1 Å². The van der Waals surface area contributed by atoms with Crippen molar-refractivity contribution < 1.29 is 23.2 Å². The first-order chi connectivity index (χ1) is 18.4. The maximum absolute atomic E-state index is 11.4. The van der Waals surface area contributed by atoms with Gasteiger partial charge in [0.15, 0.2) is 16.6 Å². The molecule has 2 heterocycles. The van der Waals surface area contributed by atoms with Crippen LogP contribution in [0.4, 0.5) is 5.69 Å². The first-order valence-corrected chi connectivity index (χ1v) is 20.0. The van der Waals surface area contributed by atoms with Crippen molar-refractivity contribution in [3.05, 3.63) is 63.8 Å². The number of ether oxygens (including phenoxy) is 2. The Labute approximate surface area is 242 Å². The first kappa shape index (κ1) is 32.4. The van der Waals surface area contributed by atoms with Gasteiger partial charge in [-0.25, -0.2) is 4.98 Å². The van der Waals surface area contributed by atoms with E-state index >= 15 is 0 Å². The second-order valence-electron chi connectivity index (χ2n) is 13.8. The van der Waals surface area contributed by atoms with Gasteiger partial charge in [0.05, 0.1) is 30.3 Å². The normalized spacial score (nSPS) is 20.5. The Morgan fingerprint density at radius 2 is 1.65 bits per heavy atom. The van der Waals surface area contributed by atoms with Gasteiger partial charge in [0, 0.05) is 36.2 Å². The molecule has 0 amide bonds. The molecular weight excluding hydrogens is 541 g/mol. The minimum Gasteiger partial charge on any atom is -0.477 e. The second kappa shape index (κ2) is 12.4. The molecule has 1 saturated heterocycles. The van der Waals surface area contributed by atoms with Gasteiger partial charge in [0.2, 0.25) is 5.88 Å². The van der Waals surface area contributed by atoms with Crippen LogP contribution < -0.4 is 4.74 Å². The molecule has 3 rings (SSSR count). The molecule has 0 unspecified atom stereocenters. The van der Waals surface area contributed by atoms with Crippen LogP contribution in [0.3, 0.4) is 0 Å². The molecule has 0 bridgehead atoms. The molecule has 1 aliphatic heterocycles. The Bertz CT molecular complexity index is 1160. The zero-order chi connectivity index (χ0) is 29.9. The predicted molar refractivity (Wildman–Crippen MR) is 164 cm³/mol. The van der Waals surface area contributed by atoms with Crippen LogP contribution in [0.25, 0.3) is 0 Å². The van der Waals surface area contributed by atoms with Crippen LogP contribution in [0, 0.1) is 10.1 Å². The van der Waals surface area contributed by atoms with Gasteiger partial charge in [-0.3, -0.25) is 10.1 Å². The number of para-hydroxylation sites is 1. The molecule has 3 atom stereocenters. The van der Waals surface area contributed by atoms with E-state index in [9.17, 15) is 10.1 Å². The first-order valence-electron chi connectivity index (χ1n) is 14.2. The molecule has 0 aliphatic carbocycles. The monoisotopic (exact) mass is 588 g/mol. The minimum atomic E-state index is -2.07. The average Bonchev–Trinajstić information content (AvgIpc) is 3.23. The van der Waals surface area contributed by atoms with Crippen molar-refractivity contribution in [1.82, 2.24) is 4.98 Å². The third-order valence-corrected chi connectivity index (χ3v) is 17.8. The highest BCUT2D eigenvalue weighted by Crippen LogP contribution is 2.44. The van der Waals surface area contributed by atoms with E-state index < -0.39 is 16.6 Å². The van der Waals surface area contributed by atoms with E-state index in [0.717, 1.165) is 5.56 Å². The number of rotatable bonds is 11. The van der Waals surface area contributed by atoms with Crippen molar-refractivity contribution in [3.63, 3.8) is 0 Å². The lowest BCUT2D eigenvalue weighted by molar-refractivity contribution is -0.385. The van der Waals surface area contributed by atoms with Gasteiger partial charge in [-0.1, -0.05) is 59.7 Å². The van der Waals surface area contributed by atoms with Crippen LogP contribution in [-0.2, 0) is 20.0 Å². The van der Waals surface area contributed by atoms with E-state index in [2.05, 4.69) is 72.7 Å². The van der Waals surface area contributed by atoms with Crippen molar-refractivity contribution in [2.24, 2.45) is 0 Å². The van der Waals surface area contributed by atoms with Crippen LogP contribution in [0.5, 0.6) is 5.88 Å². The van der Waals surface area contributed by atoms with Crippen LogP contribution in [0.1, 0.15) is 65.2 Å². The summed E-state index contributed by atoms with van der Waals surface area (Å²) in [5, 5.41) is 11.6. The number of aromatic nitrogens is 1. The van der Waals surface area contributed by atoms with Crippen molar-refractivity contribution in [2.75, 3.05) is 13.2 Å². The fourth-order valence-corrected chi connectivity index (χ4v) is 6.55. The van der Waals surface area contributed by atoms with Crippen LogP contribution in [-0.4, -0.2) is 52.0 Å². The molecule has 222 valence electrons. The second-order valence-corrected chi connectivity index (χ2v) is 23.3. The van der Waals surface area contributed by atoms with Crippen molar-refractivity contribution in [1.29, 1.82) is 0 Å². The Hall–Kier alpha value is -2.12. The van der Waals surface area contributed by atoms with Gasteiger partial charge in [-0.05, 0) is 48.4 Å². The highest BCUT2D eigenvalue weighted by molar-refractivity contribution is 6.74. The molecule has 1 aliphatic rings. The van der Waals surface area contributed by atoms with E-state index in [-0.39, 0.29) is 45.6 Å². The number of nitro groups is 1. The fourth-order valence-electron chi connectivity index (χ4n) is 4.18. The maximum Gasteiger partial charge on any atom is 0.272 e. The smallest absolute Gasteiger partial charge is 0.272 e. The molecule has 0 N–H and O–H groups in total. The van der Waals surface area contributed by atoms with Crippen LogP contribution >= 0.6 is 0 Å². The summed E-state index contributed by atoms with van der Waals surface area (Å²) >= 11 is 0. The Morgan fingerprint density at radius 1 is 1.00 bits per heavy atom. The largest absolute Gasteiger partial charge is 0.477 e. The SMILES string of the molecule is CC(C)(C)[Si](C)(C)OC[C@H]1O[C@@H](c2cccnc2OCCc2ccccc2[N+](=O)[O-])C[C@@H]1O[Si](C)(C)C(C)(C)C. The summed E-state index contributed by atoms with van der Waals surface area (Å²) in [5.74, 6) is 0.489. The lowest BCUT2D eigenvalue weighted by Crippen LogP contribution is -2.48. The van der Waals surface area contributed by atoms with Crippen LogP contribution in [0.15, 0.2) is 42.6 Å². The zero-order valence-electron chi connectivity index (χ0n) is 25.9. The van der Waals surface area contributed by atoms with Gasteiger partial charge in [-0.2, -0.15) is 0 Å². The van der Waals surface area contributed by atoms with Gasteiger partial charge >= 0.3 is 0 Å². The van der Waals surface area contributed by atoms with Crippen molar-refractivity contribution in [3.8, 4) is 5.88 Å². The molecular formula is C30H48N2O6Si2. The molecule has 2 aromatic rings. The minimum absolute atomic E-state index is 0.0680. The molecule has 8 nitrogen and oxygen atoms in total. The zero-order valence-corrected chi connectivity index (χ0v) is 27.9. The van der Waals surface area contributed by atoms with Crippen LogP contribution in [0.2, 0.25) is 36.3 Å². The Morgan fingerprint density at radius 3 is 2.27 bits per heavy atom. The van der Waals surface area contributed by atoms with Gasteiger partial charge in [0.25, 0.3) is 5.69 Å². The summed E-state index contributed by atoms with van der Waals surface area (Å²) in [6.45, 7) is 23.3. The number of hydrogen-bond donors (Lipinski definition) is 0. The highest BCUT2D eigenvalue weighted by atomic mass is 28.4. The molecule has 0 radical (unpaired) electrons. The molecule has 10 heteroatoms. The average molecular weight is 589 g/mol. The molecule has 0 spiro atoms. The number of nitrogens with zero attached hydrogens (tertiary/aromatic N) is 2. The molecule has 1 aromatic heterocycles. The highest BCUT2D eigenvalue weighted by Gasteiger charge is 2.47. The lowest BCUT2D eigenvalue weighted by Gasteiger charge is -2.40.